The first kappa shape index (κ1) is 21.4. The van der Waals surface area contributed by atoms with Gasteiger partial charge >= 0.3 is 0 Å². The molecule has 3 saturated carbocycles. The molecule has 2 bridgehead atoms. The van der Waals surface area contributed by atoms with Crippen molar-refractivity contribution >= 4 is 23.4 Å². The molecule has 5 rings (SSSR count). The third-order valence-corrected chi connectivity index (χ3v) is 7.16. The van der Waals surface area contributed by atoms with Crippen molar-refractivity contribution in [3.8, 4) is 5.75 Å². The molecule has 3 aliphatic carbocycles. The zero-order chi connectivity index (χ0) is 21.4. The minimum atomic E-state index is -0.587. The molecule has 4 unspecified atom stereocenters. The van der Waals surface area contributed by atoms with Gasteiger partial charge in [0.15, 0.2) is 6.61 Å². The van der Waals surface area contributed by atoms with Crippen molar-refractivity contribution in [2.24, 2.45) is 17.8 Å². The summed E-state index contributed by atoms with van der Waals surface area (Å²) in [5, 5.41) is 6.19. The Morgan fingerprint density at radius 3 is 2.47 bits per heavy atom. The number of carbonyl (C=O) groups is 2. The van der Waals surface area contributed by atoms with Gasteiger partial charge < -0.3 is 20.1 Å². The molecule has 5 atom stereocenters. The fraction of sp³-hybridized carbons (Fsp3) is 0.636. The smallest absolute Gasteiger partial charge is 0.258 e. The Balaban J connectivity index is 1.26. The summed E-state index contributed by atoms with van der Waals surface area (Å²) in [6.45, 7) is 3.90. The van der Waals surface area contributed by atoms with Gasteiger partial charge in [0, 0.05) is 18.2 Å². The van der Waals surface area contributed by atoms with Crippen LogP contribution < -0.4 is 15.4 Å². The Hall–Kier alpha value is -1.86. The summed E-state index contributed by atoms with van der Waals surface area (Å²) in [5.41, 5.74) is 0. The molecule has 1 heterocycles. The van der Waals surface area contributed by atoms with E-state index < -0.39 is 5.82 Å². The summed E-state index contributed by atoms with van der Waals surface area (Å²) in [6.07, 6.45) is 3.17. The minimum Gasteiger partial charge on any atom is -0.484 e. The topological polar surface area (TPSA) is 76.7 Å². The molecule has 1 aromatic rings. The third-order valence-electron chi connectivity index (χ3n) is 6.85. The van der Waals surface area contributed by atoms with Crippen LogP contribution in [-0.4, -0.2) is 42.7 Å². The molecule has 0 radical (unpaired) electrons. The van der Waals surface area contributed by atoms with Gasteiger partial charge in [0.1, 0.15) is 17.7 Å². The molecule has 4 fully saturated rings. The zero-order valence-corrected chi connectivity index (χ0v) is 18.0. The van der Waals surface area contributed by atoms with E-state index in [1.165, 1.54) is 12.1 Å². The normalized spacial score (nSPS) is 34.7. The van der Waals surface area contributed by atoms with Crippen molar-refractivity contribution in [2.45, 2.75) is 63.8 Å². The number of ether oxygens (including phenoxy) is 2. The fourth-order valence-electron chi connectivity index (χ4n) is 4.76. The number of nitrogens with one attached hydrogen (secondary N) is 2. The summed E-state index contributed by atoms with van der Waals surface area (Å²) in [5.74, 6) is 0.647. The molecule has 2 N–H and O–H groups in total. The molecule has 0 aromatic heterocycles. The van der Waals surface area contributed by atoms with Crippen LogP contribution in [0.1, 0.15) is 39.5 Å². The van der Waals surface area contributed by atoms with E-state index in [-0.39, 0.29) is 53.5 Å². The predicted molar refractivity (Wildman–Crippen MR) is 110 cm³/mol. The molecule has 6 nitrogen and oxygen atoms in total. The van der Waals surface area contributed by atoms with Crippen molar-refractivity contribution in [1.82, 2.24) is 10.6 Å². The van der Waals surface area contributed by atoms with Crippen LogP contribution in [0.25, 0.3) is 0 Å². The Labute approximate surface area is 180 Å². The van der Waals surface area contributed by atoms with Crippen molar-refractivity contribution in [1.29, 1.82) is 0 Å². The maximum atomic E-state index is 13.5. The fourth-order valence-corrected chi connectivity index (χ4v) is 4.88. The average molecular weight is 439 g/mol. The maximum absolute atomic E-state index is 13.5. The largest absolute Gasteiger partial charge is 0.484 e. The average Bonchev–Trinajstić information content (AvgIpc) is 3.00. The van der Waals surface area contributed by atoms with Gasteiger partial charge in [-0.3, -0.25) is 9.59 Å². The van der Waals surface area contributed by atoms with E-state index >= 15 is 0 Å². The van der Waals surface area contributed by atoms with Gasteiger partial charge in [0.05, 0.1) is 11.1 Å². The molecule has 4 aliphatic rings. The summed E-state index contributed by atoms with van der Waals surface area (Å²) in [7, 11) is 0. The van der Waals surface area contributed by atoms with Crippen molar-refractivity contribution < 1.29 is 23.5 Å². The highest BCUT2D eigenvalue weighted by Gasteiger charge is 2.47. The SMILES string of the molecule is CC1CC(C(=O)NC2C[C@H](NC(=O)COc3ccc(Cl)c(F)c3)C3CC2C3)OC1C. The highest BCUT2D eigenvalue weighted by Crippen LogP contribution is 2.46. The molecule has 8 heteroatoms. The van der Waals surface area contributed by atoms with Crippen LogP contribution in [0.5, 0.6) is 5.75 Å². The number of hydrogen-bond acceptors (Lipinski definition) is 4. The lowest BCUT2D eigenvalue weighted by Gasteiger charge is -2.51. The van der Waals surface area contributed by atoms with Gasteiger partial charge in [-0.05, 0) is 62.5 Å². The van der Waals surface area contributed by atoms with E-state index in [0.29, 0.717) is 24.2 Å². The van der Waals surface area contributed by atoms with E-state index in [9.17, 15) is 14.0 Å². The van der Waals surface area contributed by atoms with E-state index in [1.54, 1.807) is 0 Å². The first-order valence-electron chi connectivity index (χ1n) is 10.6. The summed E-state index contributed by atoms with van der Waals surface area (Å²) < 4.78 is 24.6. The van der Waals surface area contributed by atoms with Gasteiger partial charge in [0.2, 0.25) is 5.91 Å². The number of benzene rings is 1. The van der Waals surface area contributed by atoms with Crippen LogP contribution in [0.3, 0.4) is 0 Å². The molecular formula is C22H28ClFN2O4. The van der Waals surface area contributed by atoms with Crippen LogP contribution >= 0.6 is 11.6 Å². The van der Waals surface area contributed by atoms with Gasteiger partial charge in [-0.25, -0.2) is 4.39 Å². The van der Waals surface area contributed by atoms with Crippen LogP contribution in [0.15, 0.2) is 18.2 Å². The lowest BCUT2D eigenvalue weighted by molar-refractivity contribution is -0.134. The van der Waals surface area contributed by atoms with Crippen LogP contribution in [0.4, 0.5) is 4.39 Å². The Bertz CT molecular complexity index is 806. The van der Waals surface area contributed by atoms with Gasteiger partial charge in [-0.1, -0.05) is 18.5 Å². The second-order valence-electron chi connectivity index (χ2n) is 8.92. The summed E-state index contributed by atoms with van der Waals surface area (Å²) in [4.78, 5) is 25.0. The molecular weight excluding hydrogens is 411 g/mol. The minimum absolute atomic E-state index is 0.000646. The van der Waals surface area contributed by atoms with E-state index in [4.69, 9.17) is 21.1 Å². The molecule has 30 heavy (non-hydrogen) atoms. The van der Waals surface area contributed by atoms with Gasteiger partial charge in [-0.15, -0.1) is 0 Å². The van der Waals surface area contributed by atoms with Crippen LogP contribution in [-0.2, 0) is 14.3 Å². The van der Waals surface area contributed by atoms with Crippen molar-refractivity contribution in [2.75, 3.05) is 6.61 Å². The van der Waals surface area contributed by atoms with Crippen molar-refractivity contribution in [3.05, 3.63) is 29.0 Å². The van der Waals surface area contributed by atoms with Crippen LogP contribution in [0, 0.1) is 23.6 Å². The Morgan fingerprint density at radius 2 is 1.83 bits per heavy atom. The Morgan fingerprint density at radius 1 is 1.13 bits per heavy atom. The lowest BCUT2D eigenvalue weighted by Crippen LogP contribution is -2.60. The number of carbonyl (C=O) groups excluding carboxylic acids is 2. The zero-order valence-electron chi connectivity index (χ0n) is 17.2. The molecule has 2 amide bonds. The van der Waals surface area contributed by atoms with Crippen molar-refractivity contribution in [3.63, 3.8) is 0 Å². The van der Waals surface area contributed by atoms with Gasteiger partial charge in [0.25, 0.3) is 5.91 Å². The molecule has 1 aliphatic heterocycles. The second-order valence-corrected chi connectivity index (χ2v) is 9.33. The number of hydrogen-bond donors (Lipinski definition) is 2. The molecule has 0 spiro atoms. The van der Waals surface area contributed by atoms with E-state index in [2.05, 4.69) is 17.6 Å². The first-order valence-corrected chi connectivity index (χ1v) is 11.0. The molecule has 1 aromatic carbocycles. The standard InChI is InChI=1S/C22H28ClFN2O4/c1-11-5-20(30-12(11)2)22(28)26-19-9-18(13-6-14(19)7-13)25-21(27)10-29-15-3-4-16(23)17(24)8-15/h3-4,8,11-14,18-20H,5-7,9-10H2,1-2H3,(H,25,27)(H,26,28)/t11?,12?,13?,14?,18-,19?,20?/m0/s1. The maximum Gasteiger partial charge on any atom is 0.258 e. The first-order chi connectivity index (χ1) is 14.3. The number of rotatable bonds is 6. The highest BCUT2D eigenvalue weighted by atomic mass is 35.5. The van der Waals surface area contributed by atoms with Gasteiger partial charge in [-0.2, -0.15) is 0 Å². The van der Waals surface area contributed by atoms with E-state index in [0.717, 1.165) is 25.3 Å². The van der Waals surface area contributed by atoms with E-state index in [1.807, 2.05) is 6.92 Å². The monoisotopic (exact) mass is 438 g/mol. The number of halogens is 2. The highest BCUT2D eigenvalue weighted by molar-refractivity contribution is 6.30. The quantitative estimate of drug-likeness (QED) is 0.715. The second kappa shape index (κ2) is 8.71. The summed E-state index contributed by atoms with van der Waals surface area (Å²) >= 11 is 5.65. The Kier molecular flexibility index (Phi) is 6.21. The van der Waals surface area contributed by atoms with Crippen LogP contribution in [0.2, 0.25) is 5.02 Å². The third kappa shape index (κ3) is 4.57. The number of fused-ring (bicyclic) bond motifs is 2. The lowest BCUT2D eigenvalue weighted by atomic mass is 9.60. The molecule has 164 valence electrons. The predicted octanol–water partition coefficient (Wildman–Crippen LogP) is 3.07. The number of amides is 2. The summed E-state index contributed by atoms with van der Waals surface area (Å²) in [6, 6.07) is 4.12. The molecule has 1 saturated heterocycles.